The Hall–Kier alpha value is -2.07. The fourth-order valence-corrected chi connectivity index (χ4v) is 4.24. The van der Waals surface area contributed by atoms with Gasteiger partial charge in [-0.05, 0) is 50.7 Å². The number of aliphatic hydroxyl groups is 1. The highest BCUT2D eigenvalue weighted by Crippen LogP contribution is 2.48. The molecule has 2 aliphatic rings. The number of amides is 1. The smallest absolute Gasteiger partial charge is 0.259 e. The Balaban J connectivity index is 2.10. The first-order valence-corrected chi connectivity index (χ1v) is 8.91. The summed E-state index contributed by atoms with van der Waals surface area (Å²) in [4.78, 5) is 15.0. The van der Waals surface area contributed by atoms with E-state index < -0.39 is 5.54 Å². The van der Waals surface area contributed by atoms with Crippen molar-refractivity contribution in [3.05, 3.63) is 53.3 Å². The van der Waals surface area contributed by atoms with E-state index >= 15 is 0 Å². The minimum Gasteiger partial charge on any atom is -0.509 e. The van der Waals surface area contributed by atoms with Crippen molar-refractivity contribution in [2.75, 3.05) is 13.7 Å². The zero-order chi connectivity index (χ0) is 18.2. The molecule has 1 N–H and O–H groups in total. The van der Waals surface area contributed by atoms with Crippen LogP contribution in [-0.4, -0.2) is 41.2 Å². The van der Waals surface area contributed by atoms with Crippen LogP contribution >= 0.6 is 0 Å². The molecule has 1 amide bonds. The van der Waals surface area contributed by atoms with Gasteiger partial charge in [0, 0.05) is 13.7 Å². The van der Waals surface area contributed by atoms with Crippen LogP contribution in [0.1, 0.15) is 42.4 Å². The SMILES string of the molecule is C=CCN1C(=O)C(c2cc(C)ccc2C)=C(O)C12CCC(OC)CC2. The molecule has 0 saturated heterocycles. The number of carbonyl (C=O) groups excluding carboxylic acids is 1. The highest BCUT2D eigenvalue weighted by Gasteiger charge is 2.53. The van der Waals surface area contributed by atoms with Crippen molar-refractivity contribution in [3.63, 3.8) is 0 Å². The number of hydrogen-bond acceptors (Lipinski definition) is 3. The molecule has 0 bridgehead atoms. The van der Waals surface area contributed by atoms with Crippen LogP contribution in [0, 0.1) is 13.8 Å². The van der Waals surface area contributed by atoms with Gasteiger partial charge in [0.25, 0.3) is 5.91 Å². The van der Waals surface area contributed by atoms with Gasteiger partial charge >= 0.3 is 0 Å². The standard InChI is InChI=1S/C21H27NO3/c1-5-12-22-20(24)18(17-13-14(2)6-7-15(17)3)19(23)21(22)10-8-16(25-4)9-11-21/h5-7,13,16,23H,1,8-12H2,2-4H3. The number of aliphatic hydroxyl groups excluding tert-OH is 1. The second-order valence-electron chi connectivity index (χ2n) is 7.21. The van der Waals surface area contributed by atoms with Gasteiger partial charge in [-0.3, -0.25) is 4.79 Å². The first-order chi connectivity index (χ1) is 11.9. The van der Waals surface area contributed by atoms with E-state index in [1.807, 2.05) is 32.0 Å². The third kappa shape index (κ3) is 2.78. The third-order valence-corrected chi connectivity index (χ3v) is 5.72. The van der Waals surface area contributed by atoms with Crippen LogP contribution in [0.4, 0.5) is 0 Å². The van der Waals surface area contributed by atoms with Gasteiger partial charge in [0.15, 0.2) is 0 Å². The van der Waals surface area contributed by atoms with Crippen molar-refractivity contribution in [3.8, 4) is 0 Å². The van der Waals surface area contributed by atoms with E-state index in [4.69, 9.17) is 4.74 Å². The van der Waals surface area contributed by atoms with Gasteiger partial charge in [-0.1, -0.05) is 29.8 Å². The first-order valence-electron chi connectivity index (χ1n) is 8.91. The molecule has 25 heavy (non-hydrogen) atoms. The van der Waals surface area contributed by atoms with E-state index in [0.29, 0.717) is 25.0 Å². The zero-order valence-corrected chi connectivity index (χ0v) is 15.3. The molecule has 0 atom stereocenters. The van der Waals surface area contributed by atoms with Gasteiger partial charge in [0.1, 0.15) is 11.3 Å². The van der Waals surface area contributed by atoms with Crippen LogP contribution in [0.25, 0.3) is 5.57 Å². The molecule has 0 unspecified atom stereocenters. The van der Waals surface area contributed by atoms with Crippen LogP contribution in [0.3, 0.4) is 0 Å². The quantitative estimate of drug-likeness (QED) is 0.844. The van der Waals surface area contributed by atoms with Gasteiger partial charge in [-0.25, -0.2) is 0 Å². The summed E-state index contributed by atoms with van der Waals surface area (Å²) < 4.78 is 5.48. The summed E-state index contributed by atoms with van der Waals surface area (Å²) in [5.74, 6) is 0.129. The molecule has 1 fully saturated rings. The van der Waals surface area contributed by atoms with Gasteiger partial charge in [-0.15, -0.1) is 6.58 Å². The number of hydrogen-bond donors (Lipinski definition) is 1. The largest absolute Gasteiger partial charge is 0.509 e. The molecule has 4 heteroatoms. The lowest BCUT2D eigenvalue weighted by Crippen LogP contribution is -2.51. The number of nitrogens with zero attached hydrogens (tertiary/aromatic N) is 1. The molecule has 1 heterocycles. The van der Waals surface area contributed by atoms with Crippen molar-refractivity contribution < 1.29 is 14.6 Å². The highest BCUT2D eigenvalue weighted by molar-refractivity contribution is 6.23. The summed E-state index contributed by atoms with van der Waals surface area (Å²) in [6.45, 7) is 8.22. The Bertz CT molecular complexity index is 727. The van der Waals surface area contributed by atoms with Crippen molar-refractivity contribution in [2.24, 2.45) is 0 Å². The second-order valence-corrected chi connectivity index (χ2v) is 7.21. The van der Waals surface area contributed by atoms with E-state index in [9.17, 15) is 9.90 Å². The van der Waals surface area contributed by atoms with Crippen LogP contribution in [-0.2, 0) is 9.53 Å². The van der Waals surface area contributed by atoms with E-state index in [-0.39, 0.29) is 17.8 Å². The maximum absolute atomic E-state index is 13.2. The van der Waals surface area contributed by atoms with Crippen molar-refractivity contribution in [1.29, 1.82) is 0 Å². The number of methoxy groups -OCH3 is 1. The molecule has 1 aromatic rings. The summed E-state index contributed by atoms with van der Waals surface area (Å²) >= 11 is 0. The Kier molecular flexibility index (Phi) is 4.74. The monoisotopic (exact) mass is 341 g/mol. The fourth-order valence-electron chi connectivity index (χ4n) is 4.24. The summed E-state index contributed by atoms with van der Waals surface area (Å²) in [7, 11) is 1.72. The lowest BCUT2D eigenvalue weighted by atomic mass is 9.78. The van der Waals surface area contributed by atoms with Crippen LogP contribution < -0.4 is 0 Å². The molecule has 1 aromatic carbocycles. The lowest BCUT2D eigenvalue weighted by molar-refractivity contribution is -0.129. The second kappa shape index (κ2) is 6.68. The molecule has 1 aliphatic heterocycles. The summed E-state index contributed by atoms with van der Waals surface area (Å²) in [6, 6.07) is 6.02. The lowest BCUT2D eigenvalue weighted by Gasteiger charge is -2.43. The molecule has 1 saturated carbocycles. The molecular weight excluding hydrogens is 314 g/mol. The number of rotatable bonds is 4. The first kappa shape index (κ1) is 17.7. The average Bonchev–Trinajstić information content (AvgIpc) is 2.80. The summed E-state index contributed by atoms with van der Waals surface area (Å²) in [6.07, 6.45) is 5.03. The fraction of sp³-hybridized carbons (Fsp3) is 0.476. The molecule has 0 aromatic heterocycles. The van der Waals surface area contributed by atoms with Crippen molar-refractivity contribution >= 4 is 11.5 Å². The van der Waals surface area contributed by atoms with E-state index in [1.54, 1.807) is 18.1 Å². The van der Waals surface area contributed by atoms with Crippen LogP contribution in [0.15, 0.2) is 36.6 Å². The number of benzene rings is 1. The molecule has 0 radical (unpaired) electrons. The molecule has 134 valence electrons. The average molecular weight is 341 g/mol. The molecule has 1 aliphatic carbocycles. The Morgan fingerprint density at radius 1 is 1.36 bits per heavy atom. The Morgan fingerprint density at radius 2 is 2.04 bits per heavy atom. The predicted octanol–water partition coefficient (Wildman–Crippen LogP) is 3.93. The molecule has 4 nitrogen and oxygen atoms in total. The van der Waals surface area contributed by atoms with Crippen molar-refractivity contribution in [2.45, 2.75) is 51.2 Å². The minimum absolute atomic E-state index is 0.0954. The van der Waals surface area contributed by atoms with E-state index in [0.717, 1.165) is 29.5 Å². The highest BCUT2D eigenvalue weighted by atomic mass is 16.5. The summed E-state index contributed by atoms with van der Waals surface area (Å²) in [5.41, 5.74) is 2.75. The minimum atomic E-state index is -0.619. The van der Waals surface area contributed by atoms with Crippen LogP contribution in [0.2, 0.25) is 0 Å². The summed E-state index contributed by atoms with van der Waals surface area (Å²) in [5, 5.41) is 11.2. The van der Waals surface area contributed by atoms with Gasteiger partial charge in [0.05, 0.1) is 11.7 Å². The van der Waals surface area contributed by atoms with Crippen LogP contribution in [0.5, 0.6) is 0 Å². The normalized spacial score (nSPS) is 26.6. The predicted molar refractivity (Wildman–Crippen MR) is 99.4 cm³/mol. The number of aryl methyl sites for hydroxylation is 2. The maximum atomic E-state index is 13.2. The Morgan fingerprint density at radius 3 is 2.64 bits per heavy atom. The maximum Gasteiger partial charge on any atom is 0.259 e. The van der Waals surface area contributed by atoms with E-state index in [1.165, 1.54) is 0 Å². The van der Waals surface area contributed by atoms with Gasteiger partial charge < -0.3 is 14.7 Å². The number of carbonyl (C=O) groups is 1. The van der Waals surface area contributed by atoms with Gasteiger partial charge in [-0.2, -0.15) is 0 Å². The third-order valence-electron chi connectivity index (χ3n) is 5.72. The van der Waals surface area contributed by atoms with Crippen molar-refractivity contribution in [1.82, 2.24) is 4.90 Å². The van der Waals surface area contributed by atoms with Gasteiger partial charge in [0.2, 0.25) is 0 Å². The molecule has 1 spiro atoms. The topological polar surface area (TPSA) is 49.8 Å². The number of ether oxygens (including phenoxy) is 1. The zero-order valence-electron chi connectivity index (χ0n) is 15.3. The van der Waals surface area contributed by atoms with E-state index in [2.05, 4.69) is 6.58 Å². The molecule has 3 rings (SSSR count). The molecular formula is C21H27NO3. The Labute approximate surface area is 149 Å².